The Morgan fingerprint density at radius 2 is 2.04 bits per heavy atom. The Hall–Kier alpha value is -1.32. The van der Waals surface area contributed by atoms with Crippen molar-refractivity contribution < 1.29 is 4.79 Å². The van der Waals surface area contributed by atoms with Gasteiger partial charge in [0.1, 0.15) is 0 Å². The highest BCUT2D eigenvalue weighted by Gasteiger charge is 2.13. The first-order valence-electron chi connectivity index (χ1n) is 6.40. The number of hydrogen-bond acceptors (Lipinski definition) is 6. The van der Waals surface area contributed by atoms with Gasteiger partial charge in [0.05, 0.1) is 14.4 Å². The number of carbonyl (C=O) groups excluding carboxylic acids is 1. The molecule has 0 fully saturated rings. The predicted molar refractivity (Wildman–Crippen MR) is 104 cm³/mol. The van der Waals surface area contributed by atoms with Gasteiger partial charge in [0.15, 0.2) is 0 Å². The molecule has 1 amide bonds. The van der Waals surface area contributed by atoms with Gasteiger partial charge in [0.2, 0.25) is 10.3 Å². The van der Waals surface area contributed by atoms with E-state index in [4.69, 9.17) is 23.2 Å². The summed E-state index contributed by atoms with van der Waals surface area (Å²) in [5, 5.41) is 12.0. The molecule has 5 nitrogen and oxygen atoms in total. The van der Waals surface area contributed by atoms with Crippen molar-refractivity contribution >= 4 is 84.2 Å². The van der Waals surface area contributed by atoms with Gasteiger partial charge in [-0.25, -0.2) is 4.99 Å². The van der Waals surface area contributed by atoms with Crippen molar-refractivity contribution in [3.63, 3.8) is 0 Å². The molecule has 0 aliphatic rings. The molecule has 0 atom stereocenters. The SMILES string of the molecule is O=C(Nc1nnc(/N=C/c2ccc(Br)s2)s1)c1ccc(Cl)cc1Cl. The third-order valence-corrected chi connectivity index (χ3v) is 5.56. The lowest BCUT2D eigenvalue weighted by Crippen LogP contribution is -2.12. The third kappa shape index (κ3) is 4.40. The molecule has 0 saturated carbocycles. The summed E-state index contributed by atoms with van der Waals surface area (Å²) >= 11 is 17.9. The second kappa shape index (κ2) is 7.71. The molecule has 3 aromatic rings. The fourth-order valence-electron chi connectivity index (χ4n) is 1.67. The van der Waals surface area contributed by atoms with Crippen molar-refractivity contribution in [2.24, 2.45) is 4.99 Å². The third-order valence-electron chi connectivity index (χ3n) is 2.71. The van der Waals surface area contributed by atoms with E-state index in [9.17, 15) is 4.79 Å². The van der Waals surface area contributed by atoms with Crippen LogP contribution < -0.4 is 5.32 Å². The lowest BCUT2D eigenvalue weighted by Gasteiger charge is -2.03. The van der Waals surface area contributed by atoms with Crippen LogP contribution >= 0.6 is 61.8 Å². The number of nitrogens with one attached hydrogen (secondary N) is 1. The molecule has 1 aromatic carbocycles. The molecule has 0 spiro atoms. The first-order valence-corrected chi connectivity index (χ1v) is 9.59. The number of halogens is 3. The van der Waals surface area contributed by atoms with Crippen molar-refractivity contribution in [3.8, 4) is 0 Å². The summed E-state index contributed by atoms with van der Waals surface area (Å²) in [6.45, 7) is 0. The number of aromatic nitrogens is 2. The summed E-state index contributed by atoms with van der Waals surface area (Å²) < 4.78 is 1.02. The summed E-state index contributed by atoms with van der Waals surface area (Å²) in [5.41, 5.74) is 0.310. The summed E-state index contributed by atoms with van der Waals surface area (Å²) in [6, 6.07) is 8.53. The molecule has 1 N–H and O–H groups in total. The van der Waals surface area contributed by atoms with Crippen molar-refractivity contribution in [3.05, 3.63) is 54.6 Å². The number of rotatable bonds is 4. The first kappa shape index (κ1) is 17.5. The molecule has 3 rings (SSSR count). The molecule has 24 heavy (non-hydrogen) atoms. The van der Waals surface area contributed by atoms with E-state index in [0.29, 0.717) is 20.8 Å². The average Bonchev–Trinajstić information content (AvgIpc) is 3.14. The summed E-state index contributed by atoms with van der Waals surface area (Å²) in [4.78, 5) is 17.4. The highest BCUT2D eigenvalue weighted by Crippen LogP contribution is 2.26. The van der Waals surface area contributed by atoms with Gasteiger partial charge in [-0.05, 0) is 46.3 Å². The molecule has 0 aliphatic heterocycles. The minimum absolute atomic E-state index is 0.269. The zero-order valence-electron chi connectivity index (χ0n) is 11.7. The Morgan fingerprint density at radius 1 is 1.21 bits per heavy atom. The van der Waals surface area contributed by atoms with Crippen molar-refractivity contribution in [1.82, 2.24) is 10.2 Å². The average molecular weight is 462 g/mol. The molecule has 2 heterocycles. The number of anilines is 1. The topological polar surface area (TPSA) is 67.2 Å². The molecule has 0 unspecified atom stereocenters. The maximum Gasteiger partial charge on any atom is 0.259 e. The number of hydrogen-bond donors (Lipinski definition) is 1. The van der Waals surface area contributed by atoms with E-state index in [1.165, 1.54) is 6.07 Å². The van der Waals surface area contributed by atoms with E-state index in [-0.39, 0.29) is 10.9 Å². The second-order valence-electron chi connectivity index (χ2n) is 4.37. The number of carbonyl (C=O) groups is 1. The van der Waals surface area contributed by atoms with Crippen LogP contribution in [0.25, 0.3) is 0 Å². The van der Waals surface area contributed by atoms with Gasteiger partial charge in [0, 0.05) is 16.1 Å². The Kier molecular flexibility index (Phi) is 5.62. The quantitative estimate of drug-likeness (QED) is 0.508. The zero-order chi connectivity index (χ0) is 17.1. The van der Waals surface area contributed by atoms with E-state index in [0.717, 1.165) is 20.0 Å². The normalized spacial score (nSPS) is 11.1. The molecule has 0 aliphatic carbocycles. The molecule has 2 aromatic heterocycles. The fourth-order valence-corrected chi connectivity index (χ4v) is 4.05. The number of nitrogens with zero attached hydrogens (tertiary/aromatic N) is 3. The molecule has 0 bridgehead atoms. The van der Waals surface area contributed by atoms with E-state index < -0.39 is 0 Å². The van der Waals surface area contributed by atoms with Crippen LogP contribution in [0.4, 0.5) is 10.3 Å². The Bertz CT molecular complexity index is 925. The molecular formula is C14H7BrCl2N4OS2. The Labute approximate surface area is 163 Å². The first-order chi connectivity index (χ1) is 11.5. The monoisotopic (exact) mass is 460 g/mol. The van der Waals surface area contributed by atoms with Crippen LogP contribution in [0.3, 0.4) is 0 Å². The Balaban J connectivity index is 1.69. The molecule has 0 radical (unpaired) electrons. The lowest BCUT2D eigenvalue weighted by molar-refractivity contribution is 0.102. The molecular weight excluding hydrogens is 455 g/mol. The highest BCUT2D eigenvalue weighted by atomic mass is 79.9. The number of aliphatic imine (C=N–C) groups is 1. The van der Waals surface area contributed by atoms with Crippen molar-refractivity contribution in [2.75, 3.05) is 5.32 Å². The van der Waals surface area contributed by atoms with Gasteiger partial charge in [-0.15, -0.1) is 21.5 Å². The molecule has 10 heteroatoms. The second-order valence-corrected chi connectivity index (χ2v) is 8.66. The smallest absolute Gasteiger partial charge is 0.259 e. The van der Waals surface area contributed by atoms with E-state index >= 15 is 0 Å². The van der Waals surface area contributed by atoms with Crippen LogP contribution in [0.1, 0.15) is 15.2 Å². The largest absolute Gasteiger partial charge is 0.296 e. The number of thiophene rings is 1. The summed E-state index contributed by atoms with van der Waals surface area (Å²) in [7, 11) is 0. The Morgan fingerprint density at radius 3 is 2.75 bits per heavy atom. The minimum Gasteiger partial charge on any atom is -0.296 e. The van der Waals surface area contributed by atoms with E-state index in [1.807, 2.05) is 12.1 Å². The van der Waals surface area contributed by atoms with Crippen LogP contribution in [0.2, 0.25) is 10.0 Å². The highest BCUT2D eigenvalue weighted by molar-refractivity contribution is 9.11. The van der Waals surface area contributed by atoms with Crippen LogP contribution in [0, 0.1) is 0 Å². The number of benzene rings is 1. The van der Waals surface area contributed by atoms with Crippen LogP contribution in [0.15, 0.2) is 39.1 Å². The van der Waals surface area contributed by atoms with Gasteiger partial charge >= 0.3 is 0 Å². The fraction of sp³-hybridized carbons (Fsp3) is 0. The van der Waals surface area contributed by atoms with E-state index in [2.05, 4.69) is 36.4 Å². The van der Waals surface area contributed by atoms with Crippen LogP contribution in [0.5, 0.6) is 0 Å². The van der Waals surface area contributed by atoms with E-state index in [1.54, 1.807) is 29.7 Å². The maximum atomic E-state index is 12.2. The minimum atomic E-state index is -0.384. The molecule has 0 saturated heterocycles. The summed E-state index contributed by atoms with van der Waals surface area (Å²) in [5.74, 6) is -0.384. The van der Waals surface area contributed by atoms with Crippen LogP contribution in [-0.4, -0.2) is 22.3 Å². The van der Waals surface area contributed by atoms with Gasteiger partial charge in [0.25, 0.3) is 5.91 Å². The van der Waals surface area contributed by atoms with Gasteiger partial charge < -0.3 is 0 Å². The number of amides is 1. The molecule has 122 valence electrons. The van der Waals surface area contributed by atoms with Crippen molar-refractivity contribution in [1.29, 1.82) is 0 Å². The predicted octanol–water partition coefficient (Wildman–Crippen LogP) is 5.67. The lowest BCUT2D eigenvalue weighted by atomic mass is 10.2. The van der Waals surface area contributed by atoms with Gasteiger partial charge in [-0.1, -0.05) is 34.5 Å². The summed E-state index contributed by atoms with van der Waals surface area (Å²) in [6.07, 6.45) is 1.69. The van der Waals surface area contributed by atoms with Crippen molar-refractivity contribution in [2.45, 2.75) is 0 Å². The zero-order valence-corrected chi connectivity index (χ0v) is 16.4. The van der Waals surface area contributed by atoms with Gasteiger partial charge in [-0.3, -0.25) is 10.1 Å². The standard InChI is InChI=1S/C14H7BrCl2N4OS2/c15-11-4-2-8(23-11)6-18-13-20-21-14(24-13)19-12(22)9-3-1-7(16)5-10(9)17/h1-6H,(H,19,21,22)/b18-6+. The maximum absolute atomic E-state index is 12.2. The van der Waals surface area contributed by atoms with Crippen LogP contribution in [-0.2, 0) is 0 Å². The van der Waals surface area contributed by atoms with Gasteiger partial charge in [-0.2, -0.15) is 0 Å².